The van der Waals surface area contributed by atoms with Crippen LogP contribution in [0.1, 0.15) is 10.4 Å². The highest BCUT2D eigenvalue weighted by Crippen LogP contribution is 2.11. The molecule has 7 nitrogen and oxygen atoms in total. The maximum absolute atomic E-state index is 11.4. The summed E-state index contributed by atoms with van der Waals surface area (Å²) in [5, 5.41) is 26.8. The normalized spacial score (nSPS) is 13.4. The highest BCUT2D eigenvalue weighted by atomic mass is 35.5. The first-order chi connectivity index (χ1) is 8.82. The molecule has 0 radical (unpaired) electrons. The first-order valence-corrected chi connectivity index (χ1v) is 5.31. The molecule has 1 rings (SSSR count). The number of esters is 2. The molecular formula is C11H9ClO7. The zero-order valence-corrected chi connectivity index (χ0v) is 10.1. The van der Waals surface area contributed by atoms with E-state index >= 15 is 0 Å². The fourth-order valence-electron chi connectivity index (χ4n) is 1.06. The fraction of sp³-hybridized carbons (Fsp3) is 0.182. The monoisotopic (exact) mass is 288 g/mol. The molecule has 0 bridgehead atoms. The van der Waals surface area contributed by atoms with E-state index in [0.717, 1.165) is 0 Å². The second-order valence-electron chi connectivity index (χ2n) is 3.44. The summed E-state index contributed by atoms with van der Waals surface area (Å²) in [7, 11) is 0. The number of carbonyl (C=O) groups is 3. The lowest BCUT2D eigenvalue weighted by Crippen LogP contribution is -2.41. The van der Waals surface area contributed by atoms with Gasteiger partial charge in [0.25, 0.3) is 0 Å². The van der Waals surface area contributed by atoms with Gasteiger partial charge in [0.2, 0.25) is 0 Å². The SMILES string of the molecule is O=C(OC(=O)C(O)C(O)C(=O)O)c1ccc(Cl)cc1. The van der Waals surface area contributed by atoms with Gasteiger partial charge in [-0.1, -0.05) is 11.6 Å². The molecule has 0 aliphatic carbocycles. The zero-order chi connectivity index (χ0) is 14.6. The predicted octanol–water partition coefficient (Wildman–Crippen LogP) is -0.170. The quantitative estimate of drug-likeness (QED) is 0.519. The van der Waals surface area contributed by atoms with Crippen molar-refractivity contribution in [2.24, 2.45) is 0 Å². The molecule has 8 heteroatoms. The Morgan fingerprint density at radius 1 is 1.05 bits per heavy atom. The highest BCUT2D eigenvalue weighted by Gasteiger charge is 2.32. The number of aliphatic hydroxyl groups excluding tert-OH is 2. The number of ether oxygens (including phenoxy) is 1. The number of aliphatic carboxylic acids is 1. The van der Waals surface area contributed by atoms with Gasteiger partial charge >= 0.3 is 17.9 Å². The first-order valence-electron chi connectivity index (χ1n) is 4.93. The number of rotatable bonds is 4. The lowest BCUT2D eigenvalue weighted by molar-refractivity contribution is -0.166. The minimum absolute atomic E-state index is 0.0187. The predicted molar refractivity (Wildman–Crippen MR) is 61.5 cm³/mol. The Balaban J connectivity index is 2.69. The van der Waals surface area contributed by atoms with Crippen LogP contribution in [0.5, 0.6) is 0 Å². The van der Waals surface area contributed by atoms with Crippen LogP contribution in [0.15, 0.2) is 24.3 Å². The molecule has 0 saturated carbocycles. The lowest BCUT2D eigenvalue weighted by Gasteiger charge is -2.12. The van der Waals surface area contributed by atoms with E-state index in [2.05, 4.69) is 4.74 Å². The van der Waals surface area contributed by atoms with Crippen LogP contribution < -0.4 is 0 Å². The number of halogens is 1. The van der Waals surface area contributed by atoms with Crippen molar-refractivity contribution in [1.29, 1.82) is 0 Å². The topological polar surface area (TPSA) is 121 Å². The number of aliphatic hydroxyl groups is 2. The third kappa shape index (κ3) is 4.02. The standard InChI is InChI=1S/C11H9ClO7/c12-6-3-1-5(2-4-6)10(17)19-11(18)8(14)7(13)9(15)16/h1-4,7-8,13-14H,(H,15,16). The second kappa shape index (κ2) is 6.28. The van der Waals surface area contributed by atoms with Gasteiger partial charge < -0.3 is 20.1 Å². The van der Waals surface area contributed by atoms with Gasteiger partial charge in [-0.05, 0) is 24.3 Å². The van der Waals surface area contributed by atoms with E-state index < -0.39 is 30.1 Å². The number of carboxylic acids is 1. The number of hydrogen-bond acceptors (Lipinski definition) is 6. The van der Waals surface area contributed by atoms with E-state index in [1.54, 1.807) is 0 Å². The molecule has 0 saturated heterocycles. The minimum atomic E-state index is -2.37. The molecule has 3 N–H and O–H groups in total. The molecule has 2 atom stereocenters. The van der Waals surface area contributed by atoms with Crippen LogP contribution in [-0.2, 0) is 14.3 Å². The van der Waals surface area contributed by atoms with Gasteiger partial charge in [0.05, 0.1) is 5.56 Å². The molecular weight excluding hydrogens is 280 g/mol. The summed E-state index contributed by atoms with van der Waals surface area (Å²) in [6.45, 7) is 0. The minimum Gasteiger partial charge on any atom is -0.479 e. The van der Waals surface area contributed by atoms with E-state index in [1.165, 1.54) is 24.3 Å². The van der Waals surface area contributed by atoms with Crippen molar-refractivity contribution in [1.82, 2.24) is 0 Å². The van der Waals surface area contributed by atoms with E-state index in [9.17, 15) is 14.4 Å². The average Bonchev–Trinajstić information content (AvgIpc) is 2.37. The summed E-state index contributed by atoms with van der Waals surface area (Å²) in [6, 6.07) is 5.31. The Hall–Kier alpha value is -1.96. The second-order valence-corrected chi connectivity index (χ2v) is 3.88. The summed E-state index contributed by atoms with van der Waals surface area (Å²) in [5.41, 5.74) is -0.0187. The van der Waals surface area contributed by atoms with Crippen molar-refractivity contribution in [3.63, 3.8) is 0 Å². The van der Waals surface area contributed by atoms with Gasteiger partial charge in [-0.2, -0.15) is 0 Å². The number of benzene rings is 1. The van der Waals surface area contributed by atoms with Crippen molar-refractivity contribution in [2.45, 2.75) is 12.2 Å². The molecule has 0 spiro atoms. The Morgan fingerprint density at radius 2 is 1.58 bits per heavy atom. The van der Waals surface area contributed by atoms with E-state index in [4.69, 9.17) is 26.9 Å². The molecule has 0 aliphatic rings. The van der Waals surface area contributed by atoms with E-state index in [0.29, 0.717) is 5.02 Å². The van der Waals surface area contributed by atoms with Crippen LogP contribution >= 0.6 is 11.6 Å². The van der Waals surface area contributed by atoms with Crippen LogP contribution in [0.4, 0.5) is 0 Å². The first kappa shape index (κ1) is 15.1. The fourth-order valence-corrected chi connectivity index (χ4v) is 1.19. The molecule has 0 fully saturated rings. The van der Waals surface area contributed by atoms with Gasteiger partial charge in [-0.3, -0.25) is 0 Å². The smallest absolute Gasteiger partial charge is 0.346 e. The molecule has 0 amide bonds. The summed E-state index contributed by atoms with van der Waals surface area (Å²) < 4.78 is 4.22. The Morgan fingerprint density at radius 3 is 2.05 bits per heavy atom. The molecule has 19 heavy (non-hydrogen) atoms. The number of carbonyl (C=O) groups excluding carboxylic acids is 2. The summed E-state index contributed by atoms with van der Waals surface area (Å²) in [4.78, 5) is 33.0. The molecule has 0 aromatic heterocycles. The summed E-state index contributed by atoms with van der Waals surface area (Å²) >= 11 is 5.59. The molecule has 0 aliphatic heterocycles. The average molecular weight is 289 g/mol. The maximum Gasteiger partial charge on any atom is 0.346 e. The molecule has 1 aromatic rings. The Labute approximate surface area is 112 Å². The lowest BCUT2D eigenvalue weighted by atomic mass is 10.2. The van der Waals surface area contributed by atoms with Gasteiger partial charge in [0.1, 0.15) is 0 Å². The van der Waals surface area contributed by atoms with Crippen molar-refractivity contribution in [3.8, 4) is 0 Å². The van der Waals surface area contributed by atoms with Crippen LogP contribution in [0, 0.1) is 0 Å². The van der Waals surface area contributed by atoms with Gasteiger partial charge in [0.15, 0.2) is 12.2 Å². The van der Waals surface area contributed by atoms with Crippen LogP contribution in [0.2, 0.25) is 5.02 Å². The zero-order valence-electron chi connectivity index (χ0n) is 9.32. The summed E-state index contributed by atoms with van der Waals surface area (Å²) in [6.07, 6.45) is -4.72. The highest BCUT2D eigenvalue weighted by molar-refractivity contribution is 6.30. The summed E-state index contributed by atoms with van der Waals surface area (Å²) in [5.74, 6) is -4.48. The van der Waals surface area contributed by atoms with Gasteiger partial charge in [-0.15, -0.1) is 0 Å². The van der Waals surface area contributed by atoms with Crippen LogP contribution in [0.25, 0.3) is 0 Å². The van der Waals surface area contributed by atoms with Crippen molar-refractivity contribution < 1.29 is 34.4 Å². The molecule has 0 heterocycles. The third-order valence-corrected chi connectivity index (χ3v) is 2.32. The Kier molecular flexibility index (Phi) is 4.99. The third-order valence-electron chi connectivity index (χ3n) is 2.07. The van der Waals surface area contributed by atoms with Crippen molar-refractivity contribution in [3.05, 3.63) is 34.9 Å². The Bertz CT molecular complexity index is 496. The van der Waals surface area contributed by atoms with Crippen molar-refractivity contribution in [2.75, 3.05) is 0 Å². The molecule has 102 valence electrons. The molecule has 1 aromatic carbocycles. The van der Waals surface area contributed by atoms with Gasteiger partial charge in [-0.25, -0.2) is 14.4 Å². The number of carboxylic acid groups (broad SMARTS) is 1. The largest absolute Gasteiger partial charge is 0.479 e. The molecule has 2 unspecified atom stereocenters. The number of hydrogen-bond donors (Lipinski definition) is 3. The van der Waals surface area contributed by atoms with E-state index in [1.807, 2.05) is 0 Å². The van der Waals surface area contributed by atoms with Crippen LogP contribution in [0.3, 0.4) is 0 Å². The maximum atomic E-state index is 11.4. The van der Waals surface area contributed by atoms with Crippen LogP contribution in [-0.4, -0.2) is 45.4 Å². The van der Waals surface area contributed by atoms with Gasteiger partial charge in [0, 0.05) is 5.02 Å². The van der Waals surface area contributed by atoms with Crippen molar-refractivity contribution >= 4 is 29.5 Å². The van der Waals surface area contributed by atoms with E-state index in [-0.39, 0.29) is 5.56 Å².